The molecule has 2 aromatic rings. The fourth-order valence-electron chi connectivity index (χ4n) is 1.83. The van der Waals surface area contributed by atoms with Gasteiger partial charge in [0.1, 0.15) is 5.75 Å². The van der Waals surface area contributed by atoms with E-state index in [0.717, 1.165) is 27.5 Å². The Morgan fingerprint density at radius 2 is 1.90 bits per heavy atom. The Labute approximate surface area is 121 Å². The maximum absolute atomic E-state index is 10.8. The van der Waals surface area contributed by atoms with Gasteiger partial charge in [-0.2, -0.15) is 0 Å². The standard InChI is InChI=1S/C15H15NO3S/c1-3-11-10-12(16(17)18)4-9-15(11)20-14-7-5-13(19-2)6-8-14/h4-10H,3H2,1-2H3. The number of non-ortho nitro benzene ring substituents is 1. The van der Waals surface area contributed by atoms with E-state index in [1.165, 1.54) is 0 Å². The van der Waals surface area contributed by atoms with Crippen molar-refractivity contribution in [1.29, 1.82) is 0 Å². The second-order valence-electron chi connectivity index (χ2n) is 4.18. The maximum Gasteiger partial charge on any atom is 0.269 e. The summed E-state index contributed by atoms with van der Waals surface area (Å²) in [4.78, 5) is 12.6. The Balaban J connectivity index is 2.25. The smallest absolute Gasteiger partial charge is 0.269 e. The highest BCUT2D eigenvalue weighted by Crippen LogP contribution is 2.33. The van der Waals surface area contributed by atoms with Gasteiger partial charge in [-0.05, 0) is 42.3 Å². The molecule has 0 aliphatic carbocycles. The van der Waals surface area contributed by atoms with Gasteiger partial charge < -0.3 is 4.74 Å². The molecule has 2 rings (SSSR count). The number of nitro groups is 1. The first-order valence-electron chi connectivity index (χ1n) is 6.23. The van der Waals surface area contributed by atoms with E-state index in [0.29, 0.717) is 0 Å². The summed E-state index contributed by atoms with van der Waals surface area (Å²) < 4.78 is 5.12. The van der Waals surface area contributed by atoms with Crippen LogP contribution in [0.15, 0.2) is 52.3 Å². The number of benzene rings is 2. The van der Waals surface area contributed by atoms with Gasteiger partial charge in [0.05, 0.1) is 12.0 Å². The molecule has 104 valence electrons. The molecule has 0 aromatic heterocycles. The zero-order chi connectivity index (χ0) is 14.5. The lowest BCUT2D eigenvalue weighted by atomic mass is 10.1. The zero-order valence-electron chi connectivity index (χ0n) is 11.3. The van der Waals surface area contributed by atoms with Crippen molar-refractivity contribution in [2.45, 2.75) is 23.1 Å². The monoisotopic (exact) mass is 289 g/mol. The third kappa shape index (κ3) is 3.30. The molecule has 0 saturated heterocycles. The number of aryl methyl sites for hydroxylation is 1. The number of nitro benzene ring substituents is 1. The Hall–Kier alpha value is -2.01. The predicted molar refractivity (Wildman–Crippen MR) is 79.6 cm³/mol. The minimum absolute atomic E-state index is 0.140. The number of methoxy groups -OCH3 is 1. The summed E-state index contributed by atoms with van der Waals surface area (Å²) in [5.41, 5.74) is 1.13. The topological polar surface area (TPSA) is 52.4 Å². The van der Waals surface area contributed by atoms with Crippen LogP contribution in [0.5, 0.6) is 5.75 Å². The van der Waals surface area contributed by atoms with Gasteiger partial charge in [-0.1, -0.05) is 18.7 Å². The lowest BCUT2D eigenvalue weighted by molar-refractivity contribution is -0.385. The van der Waals surface area contributed by atoms with Crippen LogP contribution in [0.3, 0.4) is 0 Å². The number of hydrogen-bond donors (Lipinski definition) is 0. The molecule has 2 aromatic carbocycles. The minimum Gasteiger partial charge on any atom is -0.497 e. The van der Waals surface area contributed by atoms with Gasteiger partial charge in [-0.25, -0.2) is 0 Å². The molecule has 0 bridgehead atoms. The number of nitrogens with zero attached hydrogens (tertiary/aromatic N) is 1. The van der Waals surface area contributed by atoms with Crippen LogP contribution in [-0.2, 0) is 6.42 Å². The van der Waals surface area contributed by atoms with Gasteiger partial charge in [-0.15, -0.1) is 0 Å². The molecule has 0 aliphatic rings. The highest BCUT2D eigenvalue weighted by atomic mass is 32.2. The fraction of sp³-hybridized carbons (Fsp3) is 0.200. The molecule has 0 radical (unpaired) electrons. The summed E-state index contributed by atoms with van der Waals surface area (Å²) in [5, 5.41) is 10.8. The van der Waals surface area contributed by atoms with Crippen molar-refractivity contribution < 1.29 is 9.66 Å². The van der Waals surface area contributed by atoms with Crippen LogP contribution in [0.1, 0.15) is 12.5 Å². The van der Waals surface area contributed by atoms with E-state index in [1.54, 1.807) is 31.0 Å². The second kappa shape index (κ2) is 6.43. The summed E-state index contributed by atoms with van der Waals surface area (Å²) in [6, 6.07) is 12.8. The van der Waals surface area contributed by atoms with E-state index >= 15 is 0 Å². The van der Waals surface area contributed by atoms with Crippen molar-refractivity contribution in [1.82, 2.24) is 0 Å². The molecule has 0 amide bonds. The van der Waals surface area contributed by atoms with Crippen LogP contribution in [-0.4, -0.2) is 12.0 Å². The van der Waals surface area contributed by atoms with Crippen LogP contribution in [0.25, 0.3) is 0 Å². The van der Waals surface area contributed by atoms with Gasteiger partial charge in [0, 0.05) is 21.9 Å². The van der Waals surface area contributed by atoms with Crippen molar-refractivity contribution in [2.75, 3.05) is 7.11 Å². The molecule has 0 heterocycles. The minimum atomic E-state index is -0.360. The largest absolute Gasteiger partial charge is 0.497 e. The lowest BCUT2D eigenvalue weighted by Crippen LogP contribution is -1.92. The van der Waals surface area contributed by atoms with Crippen molar-refractivity contribution in [3.05, 3.63) is 58.1 Å². The third-order valence-electron chi connectivity index (χ3n) is 2.92. The van der Waals surface area contributed by atoms with Crippen molar-refractivity contribution in [3.8, 4) is 5.75 Å². The molecule has 0 N–H and O–H groups in total. The van der Waals surface area contributed by atoms with Crippen LogP contribution in [0, 0.1) is 10.1 Å². The normalized spacial score (nSPS) is 10.3. The average molecular weight is 289 g/mol. The third-order valence-corrected chi connectivity index (χ3v) is 4.05. The van der Waals surface area contributed by atoms with Gasteiger partial charge >= 0.3 is 0 Å². The first-order chi connectivity index (χ1) is 9.63. The summed E-state index contributed by atoms with van der Waals surface area (Å²) >= 11 is 1.60. The average Bonchev–Trinajstić information content (AvgIpc) is 2.48. The lowest BCUT2D eigenvalue weighted by Gasteiger charge is -2.08. The molecule has 0 saturated carbocycles. The molecule has 20 heavy (non-hydrogen) atoms. The zero-order valence-corrected chi connectivity index (χ0v) is 12.1. The Kier molecular flexibility index (Phi) is 4.63. The van der Waals surface area contributed by atoms with Crippen molar-refractivity contribution >= 4 is 17.4 Å². The van der Waals surface area contributed by atoms with Gasteiger partial charge in [0.15, 0.2) is 0 Å². The molecule has 4 nitrogen and oxygen atoms in total. The van der Waals surface area contributed by atoms with Crippen molar-refractivity contribution in [2.24, 2.45) is 0 Å². The Morgan fingerprint density at radius 3 is 2.45 bits per heavy atom. The van der Waals surface area contributed by atoms with E-state index in [-0.39, 0.29) is 10.6 Å². The Morgan fingerprint density at radius 1 is 1.20 bits per heavy atom. The Bertz CT molecular complexity index is 611. The van der Waals surface area contributed by atoms with Crippen LogP contribution < -0.4 is 4.74 Å². The van der Waals surface area contributed by atoms with E-state index in [1.807, 2.05) is 37.3 Å². The quantitative estimate of drug-likeness (QED) is 0.607. The molecule has 0 unspecified atom stereocenters. The van der Waals surface area contributed by atoms with Crippen molar-refractivity contribution in [3.63, 3.8) is 0 Å². The predicted octanol–water partition coefficient (Wildman–Crippen LogP) is 4.32. The molecule has 0 spiro atoms. The van der Waals surface area contributed by atoms with Gasteiger partial charge in [0.2, 0.25) is 0 Å². The molecular formula is C15H15NO3S. The molecule has 0 aliphatic heterocycles. The highest BCUT2D eigenvalue weighted by molar-refractivity contribution is 7.99. The van der Waals surface area contributed by atoms with E-state index in [4.69, 9.17) is 4.74 Å². The number of rotatable bonds is 5. The number of hydrogen-bond acceptors (Lipinski definition) is 4. The second-order valence-corrected chi connectivity index (χ2v) is 5.30. The summed E-state index contributed by atoms with van der Waals surface area (Å²) in [5.74, 6) is 0.814. The molecular weight excluding hydrogens is 274 g/mol. The van der Waals surface area contributed by atoms with E-state index in [9.17, 15) is 10.1 Å². The van der Waals surface area contributed by atoms with Gasteiger partial charge in [-0.3, -0.25) is 10.1 Å². The molecule has 5 heteroatoms. The van der Waals surface area contributed by atoms with Crippen LogP contribution in [0.2, 0.25) is 0 Å². The summed E-state index contributed by atoms with van der Waals surface area (Å²) in [6.45, 7) is 2.00. The van der Waals surface area contributed by atoms with E-state index in [2.05, 4.69) is 0 Å². The summed E-state index contributed by atoms with van der Waals surface area (Å²) in [7, 11) is 1.63. The fourth-order valence-corrected chi connectivity index (χ4v) is 2.82. The van der Waals surface area contributed by atoms with Crippen LogP contribution in [0.4, 0.5) is 5.69 Å². The first-order valence-corrected chi connectivity index (χ1v) is 7.05. The van der Waals surface area contributed by atoms with E-state index < -0.39 is 0 Å². The van der Waals surface area contributed by atoms with Crippen LogP contribution >= 0.6 is 11.8 Å². The maximum atomic E-state index is 10.8. The van der Waals surface area contributed by atoms with Gasteiger partial charge in [0.25, 0.3) is 5.69 Å². The first kappa shape index (κ1) is 14.4. The number of ether oxygens (including phenoxy) is 1. The SMILES string of the molecule is CCc1cc([N+](=O)[O-])ccc1Sc1ccc(OC)cc1. The molecule has 0 atom stereocenters. The summed E-state index contributed by atoms with van der Waals surface area (Å²) in [6.07, 6.45) is 0.764. The molecule has 0 fully saturated rings. The highest BCUT2D eigenvalue weighted by Gasteiger charge is 2.10.